The number of nitrogens with zero attached hydrogens (tertiary/aromatic N) is 4. The van der Waals surface area contributed by atoms with Crippen molar-refractivity contribution in [1.29, 1.82) is 0 Å². The first-order valence-corrected chi connectivity index (χ1v) is 8.66. The Morgan fingerprint density at radius 3 is 2.70 bits per heavy atom. The van der Waals surface area contributed by atoms with Gasteiger partial charge < -0.3 is 15.3 Å². The van der Waals surface area contributed by atoms with E-state index in [0.717, 1.165) is 5.82 Å². The van der Waals surface area contributed by atoms with Crippen LogP contribution in [0, 0.1) is 10.1 Å². The van der Waals surface area contributed by atoms with Crippen molar-refractivity contribution in [2.24, 2.45) is 0 Å². The van der Waals surface area contributed by atoms with E-state index in [1.54, 1.807) is 29.8 Å². The van der Waals surface area contributed by atoms with E-state index < -0.39 is 16.9 Å². The van der Waals surface area contributed by atoms with Crippen molar-refractivity contribution < 1.29 is 14.8 Å². The lowest BCUT2D eigenvalue weighted by Crippen LogP contribution is -2.32. The van der Waals surface area contributed by atoms with Crippen molar-refractivity contribution in [3.05, 3.63) is 57.4 Å². The van der Waals surface area contributed by atoms with Gasteiger partial charge in [0.15, 0.2) is 0 Å². The summed E-state index contributed by atoms with van der Waals surface area (Å²) in [7, 11) is 0. The quantitative estimate of drug-likeness (QED) is 0.592. The van der Waals surface area contributed by atoms with Crippen molar-refractivity contribution in [2.75, 3.05) is 23.3 Å². The van der Waals surface area contributed by atoms with Crippen molar-refractivity contribution in [3.63, 3.8) is 0 Å². The highest BCUT2D eigenvalue weighted by atomic mass is 16.6. The van der Waals surface area contributed by atoms with Gasteiger partial charge in [0.05, 0.1) is 22.7 Å². The molecule has 2 aromatic rings. The summed E-state index contributed by atoms with van der Waals surface area (Å²) in [5, 5.41) is 24.1. The zero-order valence-corrected chi connectivity index (χ0v) is 15.3. The van der Waals surface area contributed by atoms with E-state index in [-0.39, 0.29) is 11.3 Å². The lowest BCUT2D eigenvalue weighted by Gasteiger charge is -2.32. The Morgan fingerprint density at radius 2 is 2.11 bits per heavy atom. The van der Waals surface area contributed by atoms with E-state index in [1.807, 2.05) is 13.8 Å². The summed E-state index contributed by atoms with van der Waals surface area (Å²) in [6.07, 6.45) is 1.69. The summed E-state index contributed by atoms with van der Waals surface area (Å²) >= 11 is 0. The number of nitro groups is 1. The summed E-state index contributed by atoms with van der Waals surface area (Å²) in [4.78, 5) is 29.2. The van der Waals surface area contributed by atoms with Crippen molar-refractivity contribution in [1.82, 2.24) is 9.55 Å². The predicted molar refractivity (Wildman–Crippen MR) is 101 cm³/mol. The molecule has 0 radical (unpaired) electrons. The Labute approximate surface area is 156 Å². The van der Waals surface area contributed by atoms with Gasteiger partial charge in [-0.1, -0.05) is 12.1 Å². The van der Waals surface area contributed by atoms with E-state index in [2.05, 4.69) is 15.2 Å². The molecule has 0 bridgehead atoms. The third-order valence-electron chi connectivity index (χ3n) is 4.73. The molecule has 142 valence electrons. The van der Waals surface area contributed by atoms with Crippen LogP contribution >= 0.6 is 0 Å². The normalized spacial score (nSPS) is 15.9. The maximum Gasteiger partial charge on any atom is 0.335 e. The Kier molecular flexibility index (Phi) is 4.85. The monoisotopic (exact) mass is 371 g/mol. The molecule has 3 rings (SSSR count). The summed E-state index contributed by atoms with van der Waals surface area (Å²) < 4.78 is 1.79. The van der Waals surface area contributed by atoms with E-state index in [4.69, 9.17) is 0 Å². The van der Waals surface area contributed by atoms with Crippen LogP contribution in [0.1, 0.15) is 32.4 Å². The fourth-order valence-electron chi connectivity index (χ4n) is 3.45. The van der Waals surface area contributed by atoms with Crippen LogP contribution < -0.4 is 10.2 Å². The molecule has 0 amide bonds. The minimum absolute atomic E-state index is 0.0838. The zero-order chi connectivity index (χ0) is 19.7. The molecule has 0 spiro atoms. The first-order chi connectivity index (χ1) is 12.9. The van der Waals surface area contributed by atoms with Crippen LogP contribution in [0.5, 0.6) is 0 Å². The van der Waals surface area contributed by atoms with Gasteiger partial charge >= 0.3 is 5.97 Å². The molecule has 9 nitrogen and oxygen atoms in total. The minimum atomic E-state index is -1.08. The van der Waals surface area contributed by atoms with Gasteiger partial charge in [-0.2, -0.15) is 0 Å². The molecule has 1 aromatic heterocycles. The number of allylic oxidation sites excluding steroid dienone is 1. The number of fused-ring (bicyclic) bond motifs is 1. The first kappa shape index (κ1) is 18.4. The van der Waals surface area contributed by atoms with Crippen LogP contribution in [0.4, 0.5) is 17.5 Å². The minimum Gasteiger partial charge on any atom is -0.478 e. The van der Waals surface area contributed by atoms with Gasteiger partial charge in [-0.05, 0) is 26.3 Å². The number of anilines is 2. The number of imidazole rings is 1. The second kappa shape index (κ2) is 7.10. The number of non-ortho nitro benzene ring substituents is 1. The largest absolute Gasteiger partial charge is 0.478 e. The smallest absolute Gasteiger partial charge is 0.335 e. The molecule has 2 heterocycles. The van der Waals surface area contributed by atoms with Crippen molar-refractivity contribution in [3.8, 4) is 0 Å². The molecule has 0 aliphatic carbocycles. The van der Waals surface area contributed by atoms with Crippen LogP contribution in [0.2, 0.25) is 0 Å². The topological polar surface area (TPSA) is 114 Å². The zero-order valence-electron chi connectivity index (χ0n) is 15.3. The first-order valence-electron chi connectivity index (χ1n) is 8.66. The van der Waals surface area contributed by atoms with Crippen LogP contribution in [0.25, 0.3) is 0 Å². The van der Waals surface area contributed by atoms with Crippen LogP contribution in [-0.4, -0.2) is 38.6 Å². The van der Waals surface area contributed by atoms with E-state index >= 15 is 0 Å². The lowest BCUT2D eigenvalue weighted by atomic mass is 9.95. The van der Waals surface area contributed by atoms with Crippen molar-refractivity contribution >= 4 is 23.4 Å². The van der Waals surface area contributed by atoms with Gasteiger partial charge in [0.1, 0.15) is 5.82 Å². The molecule has 9 heteroatoms. The van der Waals surface area contributed by atoms with Crippen LogP contribution in [-0.2, 0) is 4.79 Å². The molecule has 1 atom stereocenters. The average Bonchev–Trinajstić information content (AvgIpc) is 3.04. The number of aromatic nitrogens is 2. The number of nitrogens with one attached hydrogen (secondary N) is 1. The molecule has 0 fully saturated rings. The molecule has 1 aliphatic heterocycles. The van der Waals surface area contributed by atoms with E-state index in [9.17, 15) is 20.0 Å². The Balaban J connectivity index is 2.26. The summed E-state index contributed by atoms with van der Waals surface area (Å²) in [6, 6.07) is 5.35. The van der Waals surface area contributed by atoms with Gasteiger partial charge in [0, 0.05) is 30.9 Å². The lowest BCUT2D eigenvalue weighted by molar-refractivity contribution is -0.384. The average molecular weight is 371 g/mol. The Hall–Kier alpha value is -3.36. The maximum absolute atomic E-state index is 12.0. The second-order valence-electron chi connectivity index (χ2n) is 6.21. The predicted octanol–water partition coefficient (Wildman–Crippen LogP) is 3.01. The summed E-state index contributed by atoms with van der Waals surface area (Å²) in [5.41, 5.74) is 1.03. The Bertz CT molecular complexity index is 930. The van der Waals surface area contributed by atoms with Gasteiger partial charge in [-0.15, -0.1) is 0 Å². The molecule has 0 saturated heterocycles. The number of carboxylic acid groups (broad SMARTS) is 1. The van der Waals surface area contributed by atoms with Crippen molar-refractivity contribution in [2.45, 2.75) is 26.8 Å². The molecule has 2 N–H and O–H groups in total. The van der Waals surface area contributed by atoms with Gasteiger partial charge in [0.2, 0.25) is 5.95 Å². The number of carbonyl (C=O) groups is 1. The molecular formula is C18H21N5O4. The third kappa shape index (κ3) is 3.12. The highest BCUT2D eigenvalue weighted by Crippen LogP contribution is 2.40. The SMILES string of the molecule is CCN(CC)c1cnc2n1C(c1cccc([N+](=O)[O-])c1)C(C(=O)O)=C(C)N2. The number of carboxylic acids is 1. The van der Waals surface area contributed by atoms with Gasteiger partial charge in [0.25, 0.3) is 5.69 Å². The maximum atomic E-state index is 12.0. The van der Waals surface area contributed by atoms with Gasteiger partial charge in [-0.25, -0.2) is 9.78 Å². The number of hydrogen-bond donors (Lipinski definition) is 2. The van der Waals surface area contributed by atoms with Crippen LogP contribution in [0.15, 0.2) is 41.7 Å². The Morgan fingerprint density at radius 1 is 1.41 bits per heavy atom. The summed E-state index contributed by atoms with van der Waals surface area (Å²) in [5.74, 6) is 0.183. The molecule has 1 aromatic carbocycles. The third-order valence-corrected chi connectivity index (χ3v) is 4.73. The molecule has 1 aliphatic rings. The fourth-order valence-corrected chi connectivity index (χ4v) is 3.45. The molecule has 1 unspecified atom stereocenters. The second-order valence-corrected chi connectivity index (χ2v) is 6.21. The fraction of sp³-hybridized carbons (Fsp3) is 0.333. The number of hydrogen-bond acceptors (Lipinski definition) is 6. The highest BCUT2D eigenvalue weighted by Gasteiger charge is 2.35. The van der Waals surface area contributed by atoms with Crippen LogP contribution in [0.3, 0.4) is 0 Å². The number of rotatable bonds is 6. The molecular weight excluding hydrogens is 350 g/mol. The van der Waals surface area contributed by atoms with E-state index in [0.29, 0.717) is 30.3 Å². The number of benzene rings is 1. The number of aliphatic carboxylic acids is 1. The standard InChI is InChI=1S/C18H21N5O4/c1-4-21(5-2)14-10-19-18-20-11(3)15(17(24)25)16(22(14)18)12-7-6-8-13(9-12)23(26)27/h6-10,16H,4-5H2,1-3H3,(H,19,20)(H,24,25). The van der Waals surface area contributed by atoms with Gasteiger partial charge in [-0.3, -0.25) is 14.7 Å². The number of nitro benzene ring substituents is 1. The molecule has 27 heavy (non-hydrogen) atoms. The summed E-state index contributed by atoms with van der Waals surface area (Å²) in [6.45, 7) is 7.11. The highest BCUT2D eigenvalue weighted by molar-refractivity contribution is 5.91. The van der Waals surface area contributed by atoms with E-state index in [1.165, 1.54) is 12.1 Å². The molecule has 0 saturated carbocycles.